The van der Waals surface area contributed by atoms with Gasteiger partial charge in [0.15, 0.2) is 0 Å². The van der Waals surface area contributed by atoms with E-state index in [9.17, 15) is 4.79 Å². The first kappa shape index (κ1) is 17.4. The van der Waals surface area contributed by atoms with Crippen LogP contribution in [0.25, 0.3) is 0 Å². The molecule has 0 fully saturated rings. The third-order valence-corrected chi connectivity index (χ3v) is 4.76. The van der Waals surface area contributed by atoms with E-state index in [4.69, 9.17) is 5.73 Å². The number of ketones is 1. The maximum Gasteiger partial charge on any atom is 0.138 e. The number of rotatable bonds is 9. The zero-order chi connectivity index (χ0) is 15.1. The van der Waals surface area contributed by atoms with Gasteiger partial charge in [-0.15, -0.1) is 0 Å². The summed E-state index contributed by atoms with van der Waals surface area (Å²) in [4.78, 5) is 12.1. The third-order valence-electron chi connectivity index (χ3n) is 3.73. The number of halogens is 1. The molecule has 0 aliphatic carbocycles. The number of nitrogens with zero attached hydrogens (tertiary/aromatic N) is 2. The van der Waals surface area contributed by atoms with Gasteiger partial charge in [-0.1, -0.05) is 19.8 Å². The zero-order valence-electron chi connectivity index (χ0n) is 12.8. The lowest BCUT2D eigenvalue weighted by Gasteiger charge is -2.14. The van der Waals surface area contributed by atoms with Crippen LogP contribution in [-0.2, 0) is 18.3 Å². The molecule has 0 aliphatic rings. The number of hydrogen-bond acceptors (Lipinski definition) is 3. The molecule has 0 spiro atoms. The molecule has 1 unspecified atom stereocenters. The molecule has 4 nitrogen and oxygen atoms in total. The highest BCUT2D eigenvalue weighted by atomic mass is 79.9. The van der Waals surface area contributed by atoms with Crippen molar-refractivity contribution in [1.29, 1.82) is 0 Å². The molecule has 1 rings (SSSR count). The van der Waals surface area contributed by atoms with Gasteiger partial charge in [0.05, 0.1) is 15.9 Å². The number of Topliss-reactive ketones (excluding diaryl/α,β-unsaturated/α-hetero) is 1. The molecule has 0 aliphatic heterocycles. The minimum absolute atomic E-state index is 0.284. The van der Waals surface area contributed by atoms with Gasteiger partial charge < -0.3 is 5.73 Å². The van der Waals surface area contributed by atoms with Crippen molar-refractivity contribution >= 4 is 21.7 Å². The number of carbonyl (C=O) groups excluding carboxylic acids is 1. The van der Waals surface area contributed by atoms with Gasteiger partial charge in [0, 0.05) is 19.9 Å². The van der Waals surface area contributed by atoms with Crippen LogP contribution in [0.15, 0.2) is 4.47 Å². The van der Waals surface area contributed by atoms with Crippen LogP contribution in [-0.4, -0.2) is 22.1 Å². The summed E-state index contributed by atoms with van der Waals surface area (Å²) in [5.41, 5.74) is 7.53. The molecular weight excluding hydrogens is 318 g/mol. The first-order valence-corrected chi connectivity index (χ1v) is 8.18. The molecule has 5 heteroatoms. The normalized spacial score (nSPS) is 12.7. The van der Waals surface area contributed by atoms with Crippen LogP contribution in [0, 0.1) is 12.8 Å². The van der Waals surface area contributed by atoms with Crippen LogP contribution in [0.3, 0.4) is 0 Å². The largest absolute Gasteiger partial charge is 0.330 e. The highest BCUT2D eigenvalue weighted by molar-refractivity contribution is 9.10. The fourth-order valence-electron chi connectivity index (χ4n) is 2.59. The summed E-state index contributed by atoms with van der Waals surface area (Å²) in [7, 11) is 1.88. The molecule has 0 saturated carbocycles. The Balaban J connectivity index is 2.50. The minimum Gasteiger partial charge on any atom is -0.330 e. The first-order chi connectivity index (χ1) is 9.49. The van der Waals surface area contributed by atoms with Gasteiger partial charge in [-0.3, -0.25) is 9.48 Å². The van der Waals surface area contributed by atoms with Crippen molar-refractivity contribution in [2.75, 3.05) is 6.54 Å². The Labute approximate surface area is 130 Å². The maximum absolute atomic E-state index is 12.1. The second-order valence-corrected chi connectivity index (χ2v) is 6.25. The van der Waals surface area contributed by atoms with E-state index >= 15 is 0 Å². The van der Waals surface area contributed by atoms with Gasteiger partial charge in [0.1, 0.15) is 5.78 Å². The lowest BCUT2D eigenvalue weighted by Crippen LogP contribution is -2.13. The number of aryl methyl sites for hydroxylation is 2. The molecule has 1 aromatic heterocycles. The Hall–Kier alpha value is -0.680. The van der Waals surface area contributed by atoms with Gasteiger partial charge in [0.25, 0.3) is 0 Å². The predicted molar refractivity (Wildman–Crippen MR) is 85.7 cm³/mol. The van der Waals surface area contributed by atoms with E-state index in [1.54, 1.807) is 4.68 Å². The van der Waals surface area contributed by atoms with Crippen molar-refractivity contribution < 1.29 is 4.79 Å². The second kappa shape index (κ2) is 8.57. The summed E-state index contributed by atoms with van der Waals surface area (Å²) in [6.07, 6.45) is 5.40. The van der Waals surface area contributed by atoms with Gasteiger partial charge in [-0.05, 0) is 48.2 Å². The van der Waals surface area contributed by atoms with E-state index in [2.05, 4.69) is 28.0 Å². The van der Waals surface area contributed by atoms with Gasteiger partial charge in [-0.2, -0.15) is 5.10 Å². The molecule has 1 heterocycles. The average Bonchev–Trinajstić information content (AvgIpc) is 2.63. The lowest BCUT2D eigenvalue weighted by molar-refractivity contribution is -0.118. The van der Waals surface area contributed by atoms with Crippen LogP contribution >= 0.6 is 15.9 Å². The predicted octanol–water partition coefficient (Wildman–Crippen LogP) is 3.15. The molecule has 1 atom stereocenters. The van der Waals surface area contributed by atoms with Crippen LogP contribution in [0.5, 0.6) is 0 Å². The standard InChI is InChI=1S/C15H26BrN3O/c1-4-5-12(8-9-17)6-7-13(20)10-14-15(16)11(2)18-19(14)3/h12H,4-10,17H2,1-3H3. The summed E-state index contributed by atoms with van der Waals surface area (Å²) >= 11 is 3.51. The van der Waals surface area contributed by atoms with Crippen LogP contribution in [0.1, 0.15) is 50.4 Å². The Morgan fingerprint density at radius 3 is 2.60 bits per heavy atom. The molecule has 0 radical (unpaired) electrons. The highest BCUT2D eigenvalue weighted by Crippen LogP contribution is 2.22. The number of hydrogen-bond donors (Lipinski definition) is 1. The maximum atomic E-state index is 12.1. The van der Waals surface area contributed by atoms with Crippen molar-refractivity contribution in [1.82, 2.24) is 9.78 Å². The SMILES string of the molecule is CCCC(CCN)CCC(=O)Cc1c(Br)c(C)nn1C. The third kappa shape index (κ3) is 5.02. The van der Waals surface area contributed by atoms with E-state index in [1.807, 2.05) is 14.0 Å². The number of aromatic nitrogens is 2. The fraction of sp³-hybridized carbons (Fsp3) is 0.733. The molecule has 0 amide bonds. The molecule has 1 aromatic rings. The summed E-state index contributed by atoms with van der Waals surface area (Å²) in [5, 5.41) is 4.32. The number of carbonyl (C=O) groups is 1. The molecule has 0 aromatic carbocycles. The molecule has 114 valence electrons. The Kier molecular flexibility index (Phi) is 7.45. The van der Waals surface area contributed by atoms with Crippen molar-refractivity contribution in [2.24, 2.45) is 18.7 Å². The summed E-state index contributed by atoms with van der Waals surface area (Å²) in [5.74, 6) is 0.873. The average molecular weight is 344 g/mol. The molecular formula is C15H26BrN3O. The number of nitrogens with two attached hydrogens (primary N) is 1. The van der Waals surface area contributed by atoms with Crippen molar-refractivity contribution in [3.63, 3.8) is 0 Å². The van der Waals surface area contributed by atoms with Crippen molar-refractivity contribution in [2.45, 2.75) is 52.4 Å². The monoisotopic (exact) mass is 343 g/mol. The first-order valence-electron chi connectivity index (χ1n) is 7.39. The van der Waals surface area contributed by atoms with Crippen LogP contribution < -0.4 is 5.73 Å². The topological polar surface area (TPSA) is 60.9 Å². The van der Waals surface area contributed by atoms with E-state index in [0.717, 1.165) is 35.1 Å². The zero-order valence-corrected chi connectivity index (χ0v) is 14.4. The quantitative estimate of drug-likeness (QED) is 0.749. The van der Waals surface area contributed by atoms with E-state index in [0.29, 0.717) is 25.3 Å². The Morgan fingerprint density at radius 2 is 2.10 bits per heavy atom. The second-order valence-electron chi connectivity index (χ2n) is 5.46. The lowest BCUT2D eigenvalue weighted by atomic mass is 9.93. The molecule has 20 heavy (non-hydrogen) atoms. The Morgan fingerprint density at radius 1 is 1.40 bits per heavy atom. The van der Waals surface area contributed by atoms with E-state index in [1.165, 1.54) is 6.42 Å². The van der Waals surface area contributed by atoms with Gasteiger partial charge in [-0.25, -0.2) is 0 Å². The summed E-state index contributed by atoms with van der Waals surface area (Å²) in [6.45, 7) is 4.84. The fourth-order valence-corrected chi connectivity index (χ4v) is 3.07. The smallest absolute Gasteiger partial charge is 0.138 e. The molecule has 0 bridgehead atoms. The highest BCUT2D eigenvalue weighted by Gasteiger charge is 2.16. The van der Waals surface area contributed by atoms with E-state index < -0.39 is 0 Å². The summed E-state index contributed by atoms with van der Waals surface area (Å²) in [6, 6.07) is 0. The molecule has 0 saturated heterocycles. The Bertz CT molecular complexity index is 437. The van der Waals surface area contributed by atoms with Gasteiger partial charge in [0.2, 0.25) is 0 Å². The van der Waals surface area contributed by atoms with Crippen molar-refractivity contribution in [3.8, 4) is 0 Å². The van der Waals surface area contributed by atoms with Crippen LogP contribution in [0.4, 0.5) is 0 Å². The van der Waals surface area contributed by atoms with Crippen molar-refractivity contribution in [3.05, 3.63) is 15.9 Å². The van der Waals surface area contributed by atoms with Crippen LogP contribution in [0.2, 0.25) is 0 Å². The summed E-state index contributed by atoms with van der Waals surface area (Å²) < 4.78 is 2.75. The van der Waals surface area contributed by atoms with Gasteiger partial charge >= 0.3 is 0 Å². The van der Waals surface area contributed by atoms with E-state index in [-0.39, 0.29) is 5.78 Å². The molecule has 2 N–H and O–H groups in total. The minimum atomic E-state index is 0.284.